The van der Waals surface area contributed by atoms with E-state index in [9.17, 15) is 4.79 Å². The molecule has 5 heteroatoms. The van der Waals surface area contributed by atoms with Gasteiger partial charge in [-0.2, -0.15) is 0 Å². The molecule has 0 fully saturated rings. The third-order valence-corrected chi connectivity index (χ3v) is 4.18. The Morgan fingerprint density at radius 2 is 1.91 bits per heavy atom. The first-order chi connectivity index (χ1) is 11.1. The highest BCUT2D eigenvalue weighted by Gasteiger charge is 2.12. The van der Waals surface area contributed by atoms with Gasteiger partial charge in [0.25, 0.3) is 0 Å². The predicted molar refractivity (Wildman–Crippen MR) is 92.9 cm³/mol. The zero-order valence-electron chi connectivity index (χ0n) is 12.8. The number of benzene rings is 2. The average Bonchev–Trinajstić information content (AvgIpc) is 2.97. The molecule has 0 atom stereocenters. The number of aromatic nitrogens is 1. The maximum Gasteiger partial charge on any atom is 0.223 e. The summed E-state index contributed by atoms with van der Waals surface area (Å²) in [5, 5.41) is 0. The summed E-state index contributed by atoms with van der Waals surface area (Å²) in [4.78, 5) is 18.4. The molecule has 0 spiro atoms. The lowest BCUT2D eigenvalue weighted by Gasteiger charge is -2.17. The van der Waals surface area contributed by atoms with E-state index >= 15 is 0 Å². The lowest BCUT2D eigenvalue weighted by Crippen LogP contribution is -2.26. The van der Waals surface area contributed by atoms with Crippen LogP contribution in [0.25, 0.3) is 11.1 Å². The average molecular weight is 373 g/mol. The first-order valence-corrected chi connectivity index (χ1v) is 8.24. The minimum atomic E-state index is 0.0789. The summed E-state index contributed by atoms with van der Waals surface area (Å²) >= 11 is 3.41. The van der Waals surface area contributed by atoms with Crippen molar-refractivity contribution in [3.05, 3.63) is 64.5 Å². The fourth-order valence-corrected chi connectivity index (χ4v) is 2.65. The Bertz CT molecular complexity index is 778. The third kappa shape index (κ3) is 3.99. The molecule has 23 heavy (non-hydrogen) atoms. The second-order valence-electron chi connectivity index (χ2n) is 5.45. The van der Waals surface area contributed by atoms with E-state index in [1.165, 1.54) is 0 Å². The van der Waals surface area contributed by atoms with Crippen molar-refractivity contribution < 1.29 is 9.21 Å². The van der Waals surface area contributed by atoms with E-state index in [0.717, 1.165) is 21.1 Å². The zero-order chi connectivity index (χ0) is 16.2. The van der Waals surface area contributed by atoms with Gasteiger partial charge in [-0.15, -0.1) is 0 Å². The lowest BCUT2D eigenvalue weighted by atomic mass is 10.2. The molecule has 0 aliphatic rings. The summed E-state index contributed by atoms with van der Waals surface area (Å²) < 4.78 is 6.68. The maximum absolute atomic E-state index is 12.3. The number of amides is 1. The predicted octanol–water partition coefficient (Wildman–Crippen LogP) is 4.18. The number of carbonyl (C=O) groups is 1. The van der Waals surface area contributed by atoms with Gasteiger partial charge < -0.3 is 9.32 Å². The minimum Gasteiger partial charge on any atom is -0.441 e. The maximum atomic E-state index is 12.3. The molecule has 0 N–H and O–H groups in total. The van der Waals surface area contributed by atoms with Crippen LogP contribution in [0.2, 0.25) is 0 Å². The normalized spacial score (nSPS) is 10.9. The van der Waals surface area contributed by atoms with Gasteiger partial charge in [-0.1, -0.05) is 40.2 Å². The molecule has 2 aromatic carbocycles. The third-order valence-electron chi connectivity index (χ3n) is 3.65. The van der Waals surface area contributed by atoms with Crippen LogP contribution in [0, 0.1) is 0 Å². The van der Waals surface area contributed by atoms with Gasteiger partial charge in [0.15, 0.2) is 11.5 Å². The monoisotopic (exact) mass is 372 g/mol. The number of nitrogens with zero attached hydrogens (tertiary/aromatic N) is 2. The Morgan fingerprint density at radius 3 is 2.65 bits per heavy atom. The molecule has 0 aliphatic carbocycles. The summed E-state index contributed by atoms with van der Waals surface area (Å²) in [5.41, 5.74) is 2.70. The summed E-state index contributed by atoms with van der Waals surface area (Å²) in [6, 6.07) is 15.6. The molecule has 0 unspecified atom stereocenters. The minimum absolute atomic E-state index is 0.0789. The van der Waals surface area contributed by atoms with Crippen LogP contribution in [0.3, 0.4) is 0 Å². The quantitative estimate of drug-likeness (QED) is 0.674. The highest BCUT2D eigenvalue weighted by molar-refractivity contribution is 9.10. The number of hydrogen-bond acceptors (Lipinski definition) is 3. The van der Waals surface area contributed by atoms with Crippen molar-refractivity contribution >= 4 is 32.9 Å². The highest BCUT2D eigenvalue weighted by Crippen LogP contribution is 2.16. The number of rotatable bonds is 5. The molecular formula is C18H17BrN2O2. The molecule has 1 amide bonds. The zero-order valence-corrected chi connectivity index (χ0v) is 14.4. The van der Waals surface area contributed by atoms with E-state index in [4.69, 9.17) is 4.42 Å². The van der Waals surface area contributed by atoms with Gasteiger partial charge in [0, 0.05) is 30.9 Å². The van der Waals surface area contributed by atoms with Crippen molar-refractivity contribution in [2.45, 2.75) is 19.4 Å². The number of fused-ring (bicyclic) bond motifs is 1. The molecule has 1 heterocycles. The van der Waals surface area contributed by atoms with E-state index in [0.29, 0.717) is 25.3 Å². The largest absolute Gasteiger partial charge is 0.441 e. The Morgan fingerprint density at radius 1 is 1.17 bits per heavy atom. The molecule has 0 saturated carbocycles. The number of hydrogen-bond donors (Lipinski definition) is 0. The second kappa shape index (κ2) is 6.96. The van der Waals surface area contributed by atoms with Gasteiger partial charge in [-0.05, 0) is 29.8 Å². The Balaban J connectivity index is 1.56. The van der Waals surface area contributed by atoms with E-state index in [1.54, 1.807) is 4.90 Å². The molecule has 3 rings (SSSR count). The molecule has 0 aliphatic heterocycles. The number of carbonyl (C=O) groups excluding carboxylic acids is 1. The summed E-state index contributed by atoms with van der Waals surface area (Å²) in [5.74, 6) is 0.687. The van der Waals surface area contributed by atoms with Crippen molar-refractivity contribution in [2.75, 3.05) is 7.05 Å². The molecule has 118 valence electrons. The van der Waals surface area contributed by atoms with Crippen LogP contribution in [0.4, 0.5) is 0 Å². The van der Waals surface area contributed by atoms with Crippen LogP contribution in [-0.4, -0.2) is 22.8 Å². The molecule has 0 saturated heterocycles. The lowest BCUT2D eigenvalue weighted by molar-refractivity contribution is -0.130. The van der Waals surface area contributed by atoms with Crippen LogP contribution in [-0.2, 0) is 17.8 Å². The van der Waals surface area contributed by atoms with Crippen LogP contribution in [0.5, 0.6) is 0 Å². The van der Waals surface area contributed by atoms with E-state index in [1.807, 2.05) is 55.6 Å². The molecule has 3 aromatic rings. The van der Waals surface area contributed by atoms with Crippen LogP contribution in [0.15, 0.2) is 57.4 Å². The Kier molecular flexibility index (Phi) is 4.76. The number of oxazole rings is 1. The van der Waals surface area contributed by atoms with Crippen LogP contribution in [0.1, 0.15) is 17.9 Å². The molecule has 4 nitrogen and oxygen atoms in total. The van der Waals surface area contributed by atoms with Gasteiger partial charge in [-0.3, -0.25) is 4.79 Å². The van der Waals surface area contributed by atoms with Crippen molar-refractivity contribution in [2.24, 2.45) is 0 Å². The first kappa shape index (κ1) is 15.7. The van der Waals surface area contributed by atoms with Gasteiger partial charge in [0.05, 0.1) is 0 Å². The summed E-state index contributed by atoms with van der Waals surface area (Å²) in [6.45, 7) is 0.597. The molecule has 1 aromatic heterocycles. The van der Waals surface area contributed by atoms with Crippen molar-refractivity contribution in [1.29, 1.82) is 0 Å². The summed E-state index contributed by atoms with van der Waals surface area (Å²) in [6.07, 6.45) is 0.901. The van der Waals surface area contributed by atoms with Crippen molar-refractivity contribution in [3.8, 4) is 0 Å². The molecule has 0 bridgehead atoms. The van der Waals surface area contributed by atoms with Gasteiger partial charge in [-0.25, -0.2) is 4.98 Å². The smallest absolute Gasteiger partial charge is 0.223 e. The number of para-hydroxylation sites is 2. The van der Waals surface area contributed by atoms with E-state index < -0.39 is 0 Å². The molecular weight excluding hydrogens is 356 g/mol. The van der Waals surface area contributed by atoms with E-state index in [2.05, 4.69) is 20.9 Å². The van der Waals surface area contributed by atoms with Crippen molar-refractivity contribution in [3.63, 3.8) is 0 Å². The van der Waals surface area contributed by atoms with Crippen LogP contribution >= 0.6 is 15.9 Å². The fraction of sp³-hybridized carbons (Fsp3) is 0.222. The summed E-state index contributed by atoms with van der Waals surface area (Å²) in [7, 11) is 1.82. The fourth-order valence-electron chi connectivity index (χ4n) is 2.38. The van der Waals surface area contributed by atoms with Crippen LogP contribution < -0.4 is 0 Å². The number of aryl methyl sites for hydroxylation is 1. The van der Waals surface area contributed by atoms with Gasteiger partial charge in [0.2, 0.25) is 5.91 Å². The number of halogens is 1. The van der Waals surface area contributed by atoms with Gasteiger partial charge in [0.1, 0.15) is 5.52 Å². The van der Waals surface area contributed by atoms with Crippen molar-refractivity contribution in [1.82, 2.24) is 9.88 Å². The SMILES string of the molecule is CN(Cc1ccc(Br)cc1)C(=O)CCc1nc2ccccc2o1. The highest BCUT2D eigenvalue weighted by atomic mass is 79.9. The second-order valence-corrected chi connectivity index (χ2v) is 6.37. The van der Waals surface area contributed by atoms with Gasteiger partial charge >= 0.3 is 0 Å². The first-order valence-electron chi connectivity index (χ1n) is 7.44. The molecule has 0 radical (unpaired) electrons. The standard InChI is InChI=1S/C18H17BrN2O2/c1-21(12-13-6-8-14(19)9-7-13)18(22)11-10-17-20-15-4-2-3-5-16(15)23-17/h2-9H,10-12H2,1H3. The Labute approximate surface area is 143 Å². The van der Waals surface area contributed by atoms with E-state index in [-0.39, 0.29) is 5.91 Å². The topological polar surface area (TPSA) is 46.3 Å². The Hall–Kier alpha value is -2.14.